The van der Waals surface area contributed by atoms with Crippen molar-refractivity contribution in [1.82, 2.24) is 9.97 Å². The van der Waals surface area contributed by atoms with E-state index in [4.69, 9.17) is 4.74 Å². The normalized spacial score (nSPS) is 10.4. The number of nitrogens with zero attached hydrogens (tertiary/aromatic N) is 1. The number of H-pyrrole nitrogens is 1. The Morgan fingerprint density at radius 3 is 2.67 bits per heavy atom. The first-order valence-corrected chi connectivity index (χ1v) is 6.43. The van der Waals surface area contributed by atoms with Gasteiger partial charge in [0.1, 0.15) is 10.3 Å². The Balaban J connectivity index is 2.60. The van der Waals surface area contributed by atoms with Crippen LogP contribution in [0.2, 0.25) is 0 Å². The Hall–Kier alpha value is -1.34. The number of aromatic amines is 1. The van der Waals surface area contributed by atoms with Crippen LogP contribution in [0.15, 0.2) is 32.1 Å². The molecule has 1 heterocycles. The SMILES string of the molecule is COc1cc(-c2ncc(Br)c(=O)[nH]2)cc(Br)c1O. The van der Waals surface area contributed by atoms with Gasteiger partial charge < -0.3 is 14.8 Å². The molecule has 94 valence electrons. The summed E-state index contributed by atoms with van der Waals surface area (Å²) >= 11 is 6.28. The van der Waals surface area contributed by atoms with Crippen molar-refractivity contribution in [2.45, 2.75) is 0 Å². The summed E-state index contributed by atoms with van der Waals surface area (Å²) in [5, 5.41) is 9.70. The topological polar surface area (TPSA) is 75.2 Å². The van der Waals surface area contributed by atoms with Crippen molar-refractivity contribution in [1.29, 1.82) is 0 Å². The van der Waals surface area contributed by atoms with E-state index in [2.05, 4.69) is 41.8 Å². The summed E-state index contributed by atoms with van der Waals surface area (Å²) in [5.74, 6) is 0.688. The van der Waals surface area contributed by atoms with E-state index in [1.54, 1.807) is 12.1 Å². The molecular weight excluding hydrogens is 368 g/mol. The number of rotatable bonds is 2. The first-order chi connectivity index (χ1) is 8.52. The molecule has 0 fully saturated rings. The standard InChI is InChI=1S/C11H8Br2N2O3/c1-18-8-3-5(2-6(12)9(8)16)10-14-4-7(13)11(17)15-10/h2-4,16H,1H3,(H,14,15,17). The van der Waals surface area contributed by atoms with Gasteiger partial charge in [-0.3, -0.25) is 4.79 Å². The maximum absolute atomic E-state index is 11.5. The third-order valence-corrected chi connectivity index (χ3v) is 3.45. The lowest BCUT2D eigenvalue weighted by Crippen LogP contribution is -2.08. The van der Waals surface area contributed by atoms with Crippen molar-refractivity contribution >= 4 is 31.9 Å². The van der Waals surface area contributed by atoms with E-state index in [1.165, 1.54) is 13.3 Å². The summed E-state index contributed by atoms with van der Waals surface area (Å²) in [6.07, 6.45) is 1.42. The molecule has 0 saturated heterocycles. The van der Waals surface area contributed by atoms with Crippen LogP contribution < -0.4 is 10.3 Å². The van der Waals surface area contributed by atoms with Gasteiger partial charge in [-0.25, -0.2) is 4.98 Å². The van der Waals surface area contributed by atoms with Crippen LogP contribution in [-0.4, -0.2) is 22.2 Å². The number of aromatic nitrogens is 2. The minimum atomic E-state index is -0.275. The molecule has 0 aliphatic rings. The van der Waals surface area contributed by atoms with Crippen molar-refractivity contribution in [2.75, 3.05) is 7.11 Å². The van der Waals surface area contributed by atoms with E-state index in [0.29, 0.717) is 26.1 Å². The molecule has 0 unspecified atom stereocenters. The molecule has 0 bridgehead atoms. The van der Waals surface area contributed by atoms with Gasteiger partial charge in [0, 0.05) is 11.8 Å². The highest BCUT2D eigenvalue weighted by Crippen LogP contribution is 2.37. The molecule has 0 aliphatic heterocycles. The molecule has 0 atom stereocenters. The first-order valence-electron chi connectivity index (χ1n) is 4.84. The highest BCUT2D eigenvalue weighted by molar-refractivity contribution is 9.10. The molecule has 0 amide bonds. The van der Waals surface area contributed by atoms with Gasteiger partial charge in [-0.15, -0.1) is 0 Å². The number of methoxy groups -OCH3 is 1. The molecule has 1 aromatic heterocycles. The molecule has 18 heavy (non-hydrogen) atoms. The van der Waals surface area contributed by atoms with Crippen LogP contribution in [0.5, 0.6) is 11.5 Å². The quantitative estimate of drug-likeness (QED) is 0.846. The number of phenols is 1. The zero-order valence-electron chi connectivity index (χ0n) is 9.20. The molecule has 2 rings (SSSR count). The third-order valence-electron chi connectivity index (χ3n) is 2.28. The van der Waals surface area contributed by atoms with Gasteiger partial charge >= 0.3 is 0 Å². The van der Waals surface area contributed by atoms with Crippen LogP contribution in [0.4, 0.5) is 0 Å². The maximum Gasteiger partial charge on any atom is 0.265 e. The number of hydrogen-bond acceptors (Lipinski definition) is 4. The highest BCUT2D eigenvalue weighted by atomic mass is 79.9. The molecule has 0 saturated carbocycles. The second-order valence-corrected chi connectivity index (χ2v) is 5.13. The Morgan fingerprint density at radius 1 is 1.33 bits per heavy atom. The summed E-state index contributed by atoms with van der Waals surface area (Å²) in [4.78, 5) is 18.2. The zero-order valence-corrected chi connectivity index (χ0v) is 12.4. The number of aromatic hydroxyl groups is 1. The van der Waals surface area contributed by atoms with E-state index in [1.807, 2.05) is 0 Å². The Morgan fingerprint density at radius 2 is 2.06 bits per heavy atom. The van der Waals surface area contributed by atoms with Gasteiger partial charge in [-0.2, -0.15) is 0 Å². The van der Waals surface area contributed by atoms with Crippen LogP contribution in [0.25, 0.3) is 11.4 Å². The number of hydrogen-bond donors (Lipinski definition) is 2. The lowest BCUT2D eigenvalue weighted by molar-refractivity contribution is 0.372. The predicted molar refractivity (Wildman–Crippen MR) is 73.9 cm³/mol. The first kappa shape index (κ1) is 13.1. The molecular formula is C11H8Br2N2O3. The summed E-state index contributed by atoms with van der Waals surface area (Å²) in [5.41, 5.74) is 0.351. The summed E-state index contributed by atoms with van der Waals surface area (Å²) in [6.45, 7) is 0. The number of ether oxygens (including phenoxy) is 1. The molecule has 7 heteroatoms. The average Bonchev–Trinajstić information content (AvgIpc) is 2.36. The lowest BCUT2D eigenvalue weighted by atomic mass is 10.2. The van der Waals surface area contributed by atoms with E-state index in [0.717, 1.165) is 0 Å². The molecule has 0 radical (unpaired) electrons. The van der Waals surface area contributed by atoms with E-state index in [9.17, 15) is 9.90 Å². The number of phenolic OH excluding ortho intramolecular Hbond substituents is 1. The smallest absolute Gasteiger partial charge is 0.265 e. The Bertz CT molecular complexity index is 655. The van der Waals surface area contributed by atoms with Crippen molar-refractivity contribution in [3.8, 4) is 22.9 Å². The van der Waals surface area contributed by atoms with Crippen molar-refractivity contribution in [3.05, 3.63) is 37.6 Å². The van der Waals surface area contributed by atoms with Gasteiger partial charge in [-0.1, -0.05) is 0 Å². The van der Waals surface area contributed by atoms with Crippen molar-refractivity contribution in [2.24, 2.45) is 0 Å². The van der Waals surface area contributed by atoms with E-state index >= 15 is 0 Å². The van der Waals surface area contributed by atoms with Gasteiger partial charge in [0.2, 0.25) is 0 Å². The maximum atomic E-state index is 11.5. The molecule has 0 spiro atoms. The van der Waals surface area contributed by atoms with Crippen LogP contribution in [-0.2, 0) is 0 Å². The number of halogens is 2. The summed E-state index contributed by atoms with van der Waals surface area (Å²) < 4.78 is 5.85. The lowest BCUT2D eigenvalue weighted by Gasteiger charge is -2.08. The molecule has 0 aliphatic carbocycles. The van der Waals surface area contributed by atoms with Gasteiger partial charge in [0.25, 0.3) is 5.56 Å². The largest absolute Gasteiger partial charge is 0.503 e. The number of benzene rings is 1. The molecule has 2 aromatic rings. The molecule has 2 N–H and O–H groups in total. The highest BCUT2D eigenvalue weighted by Gasteiger charge is 2.11. The monoisotopic (exact) mass is 374 g/mol. The molecule has 1 aromatic carbocycles. The molecule has 5 nitrogen and oxygen atoms in total. The minimum absolute atomic E-state index is 0.000656. The van der Waals surface area contributed by atoms with Gasteiger partial charge in [0.15, 0.2) is 11.5 Å². The summed E-state index contributed by atoms with van der Waals surface area (Å²) in [6, 6.07) is 3.23. The second kappa shape index (κ2) is 5.11. The second-order valence-electron chi connectivity index (χ2n) is 3.42. The third kappa shape index (κ3) is 2.41. The van der Waals surface area contributed by atoms with Crippen LogP contribution >= 0.6 is 31.9 Å². The average molecular weight is 376 g/mol. The van der Waals surface area contributed by atoms with Gasteiger partial charge in [-0.05, 0) is 44.0 Å². The zero-order chi connectivity index (χ0) is 13.3. The fourth-order valence-electron chi connectivity index (χ4n) is 1.39. The van der Waals surface area contributed by atoms with Crippen LogP contribution in [0.3, 0.4) is 0 Å². The van der Waals surface area contributed by atoms with Gasteiger partial charge in [0.05, 0.1) is 11.6 Å². The summed E-state index contributed by atoms with van der Waals surface area (Å²) in [7, 11) is 1.45. The van der Waals surface area contributed by atoms with Crippen LogP contribution in [0, 0.1) is 0 Å². The Labute approximate surface area is 119 Å². The minimum Gasteiger partial charge on any atom is -0.503 e. The van der Waals surface area contributed by atoms with Crippen molar-refractivity contribution in [3.63, 3.8) is 0 Å². The van der Waals surface area contributed by atoms with E-state index in [-0.39, 0.29) is 11.3 Å². The van der Waals surface area contributed by atoms with E-state index < -0.39 is 0 Å². The predicted octanol–water partition coefficient (Wildman–Crippen LogP) is 2.68. The fourth-order valence-corrected chi connectivity index (χ4v) is 2.04. The fraction of sp³-hybridized carbons (Fsp3) is 0.0909. The van der Waals surface area contributed by atoms with Crippen LogP contribution in [0.1, 0.15) is 0 Å². The Kier molecular flexibility index (Phi) is 3.72. The van der Waals surface area contributed by atoms with Crippen molar-refractivity contribution < 1.29 is 9.84 Å². The number of nitrogens with one attached hydrogen (secondary N) is 1.